The Morgan fingerprint density at radius 3 is 2.53 bits per heavy atom. The first-order valence-corrected chi connectivity index (χ1v) is 6.99. The van der Waals surface area contributed by atoms with Gasteiger partial charge in [0.1, 0.15) is 11.5 Å². The Kier molecular flexibility index (Phi) is 4.04. The summed E-state index contributed by atoms with van der Waals surface area (Å²) < 4.78 is 10.9. The number of hydrogen-bond donors (Lipinski definition) is 1. The maximum absolute atomic E-state index is 5.51. The molecule has 0 amide bonds. The van der Waals surface area contributed by atoms with Crippen LogP contribution in [0.1, 0.15) is 38.7 Å². The van der Waals surface area contributed by atoms with E-state index in [9.17, 15) is 0 Å². The van der Waals surface area contributed by atoms with Crippen LogP contribution >= 0.6 is 0 Å². The van der Waals surface area contributed by atoms with Crippen LogP contribution in [0.25, 0.3) is 0 Å². The van der Waals surface area contributed by atoms with Crippen molar-refractivity contribution >= 4 is 0 Å². The van der Waals surface area contributed by atoms with Crippen LogP contribution in [0.2, 0.25) is 0 Å². The lowest BCUT2D eigenvalue weighted by atomic mass is 9.56. The van der Waals surface area contributed by atoms with Crippen molar-refractivity contribution in [2.75, 3.05) is 20.8 Å². The van der Waals surface area contributed by atoms with Crippen LogP contribution in [-0.2, 0) is 0 Å². The lowest BCUT2D eigenvalue weighted by Crippen LogP contribution is -2.55. The molecule has 2 unspecified atom stereocenters. The molecule has 1 aromatic rings. The summed E-state index contributed by atoms with van der Waals surface area (Å²) in [6, 6.07) is 6.66. The largest absolute Gasteiger partial charge is 0.497 e. The smallest absolute Gasteiger partial charge is 0.122 e. The summed E-state index contributed by atoms with van der Waals surface area (Å²) in [7, 11) is 3.44. The van der Waals surface area contributed by atoms with E-state index in [2.05, 4.69) is 32.2 Å². The standard InChI is InChI=1S/C16H25NO2/c1-6-17-15-10-13(16(15,2)3)12-9-11(18-4)7-8-14(12)19-5/h7-9,13,15,17H,6,10H2,1-5H3. The second-order valence-corrected chi connectivity index (χ2v) is 5.83. The van der Waals surface area contributed by atoms with Crippen molar-refractivity contribution in [3.8, 4) is 11.5 Å². The third-order valence-electron chi connectivity index (χ3n) is 4.53. The van der Waals surface area contributed by atoms with E-state index in [1.54, 1.807) is 14.2 Å². The first kappa shape index (κ1) is 14.2. The molecule has 1 aliphatic rings. The van der Waals surface area contributed by atoms with Gasteiger partial charge in [0.2, 0.25) is 0 Å². The van der Waals surface area contributed by atoms with Gasteiger partial charge in [-0.3, -0.25) is 0 Å². The Bertz CT molecular complexity index is 442. The van der Waals surface area contributed by atoms with E-state index in [4.69, 9.17) is 9.47 Å². The Hall–Kier alpha value is -1.22. The molecule has 1 N–H and O–H groups in total. The van der Waals surface area contributed by atoms with Gasteiger partial charge in [0.25, 0.3) is 0 Å². The molecular formula is C16H25NO2. The molecule has 0 aliphatic heterocycles. The zero-order valence-corrected chi connectivity index (χ0v) is 12.6. The van der Waals surface area contributed by atoms with Crippen LogP contribution in [-0.4, -0.2) is 26.8 Å². The molecule has 3 nitrogen and oxygen atoms in total. The lowest BCUT2D eigenvalue weighted by Gasteiger charge is -2.53. The molecule has 0 radical (unpaired) electrons. The maximum Gasteiger partial charge on any atom is 0.122 e. The summed E-state index contributed by atoms with van der Waals surface area (Å²) in [6.45, 7) is 7.84. The number of hydrogen-bond acceptors (Lipinski definition) is 3. The predicted molar refractivity (Wildman–Crippen MR) is 78.1 cm³/mol. The lowest BCUT2D eigenvalue weighted by molar-refractivity contribution is 0.0689. The van der Waals surface area contributed by atoms with Gasteiger partial charge in [0, 0.05) is 11.6 Å². The molecule has 0 saturated heterocycles. The highest BCUT2D eigenvalue weighted by atomic mass is 16.5. The van der Waals surface area contributed by atoms with Crippen LogP contribution in [0, 0.1) is 5.41 Å². The van der Waals surface area contributed by atoms with Gasteiger partial charge in [0.05, 0.1) is 14.2 Å². The number of rotatable bonds is 5. The van der Waals surface area contributed by atoms with E-state index in [0.717, 1.165) is 24.5 Å². The quantitative estimate of drug-likeness (QED) is 0.885. The topological polar surface area (TPSA) is 30.5 Å². The molecule has 2 rings (SSSR count). The first-order chi connectivity index (χ1) is 9.04. The molecule has 19 heavy (non-hydrogen) atoms. The minimum atomic E-state index is 0.246. The molecule has 1 aromatic carbocycles. The summed E-state index contributed by atoms with van der Waals surface area (Å²) in [5, 5.41) is 3.57. The molecule has 0 bridgehead atoms. The van der Waals surface area contributed by atoms with Crippen molar-refractivity contribution < 1.29 is 9.47 Å². The zero-order valence-electron chi connectivity index (χ0n) is 12.6. The minimum absolute atomic E-state index is 0.246. The molecule has 3 heteroatoms. The fraction of sp³-hybridized carbons (Fsp3) is 0.625. The Labute approximate surface area is 116 Å². The zero-order chi connectivity index (χ0) is 14.0. The Balaban J connectivity index is 2.27. The van der Waals surface area contributed by atoms with E-state index < -0.39 is 0 Å². The second-order valence-electron chi connectivity index (χ2n) is 5.83. The third-order valence-corrected chi connectivity index (χ3v) is 4.53. The van der Waals surface area contributed by atoms with Crippen molar-refractivity contribution in [3.05, 3.63) is 23.8 Å². The Morgan fingerprint density at radius 2 is 2.00 bits per heavy atom. The van der Waals surface area contributed by atoms with Crippen molar-refractivity contribution in [2.24, 2.45) is 5.41 Å². The summed E-state index contributed by atoms with van der Waals surface area (Å²) in [5.74, 6) is 2.38. The Morgan fingerprint density at radius 1 is 1.26 bits per heavy atom. The van der Waals surface area contributed by atoms with E-state index in [0.29, 0.717) is 12.0 Å². The predicted octanol–water partition coefficient (Wildman–Crippen LogP) is 3.20. The van der Waals surface area contributed by atoms with Gasteiger partial charge in [0.15, 0.2) is 0 Å². The minimum Gasteiger partial charge on any atom is -0.497 e. The average Bonchev–Trinajstić information content (AvgIpc) is 2.42. The number of nitrogens with one attached hydrogen (secondary N) is 1. The van der Waals surface area contributed by atoms with Crippen LogP contribution in [0.15, 0.2) is 18.2 Å². The molecule has 0 aromatic heterocycles. The molecule has 0 spiro atoms. The normalized spacial score (nSPS) is 24.7. The number of methoxy groups -OCH3 is 2. The molecule has 2 atom stereocenters. The van der Waals surface area contributed by atoms with Gasteiger partial charge < -0.3 is 14.8 Å². The average molecular weight is 263 g/mol. The SMILES string of the molecule is CCNC1CC(c2cc(OC)ccc2OC)C1(C)C. The van der Waals surface area contributed by atoms with Crippen LogP contribution in [0.4, 0.5) is 0 Å². The first-order valence-electron chi connectivity index (χ1n) is 6.99. The second kappa shape index (κ2) is 5.41. The fourth-order valence-electron chi connectivity index (χ4n) is 3.16. The van der Waals surface area contributed by atoms with E-state index in [1.807, 2.05) is 12.1 Å². The number of benzene rings is 1. The molecule has 1 fully saturated rings. The van der Waals surface area contributed by atoms with Gasteiger partial charge in [-0.2, -0.15) is 0 Å². The van der Waals surface area contributed by atoms with E-state index in [1.165, 1.54) is 5.56 Å². The molecule has 106 valence electrons. The summed E-state index contributed by atoms with van der Waals surface area (Å²) in [4.78, 5) is 0. The van der Waals surface area contributed by atoms with Gasteiger partial charge >= 0.3 is 0 Å². The molecule has 1 saturated carbocycles. The molecule has 1 aliphatic carbocycles. The summed E-state index contributed by atoms with van der Waals surface area (Å²) >= 11 is 0. The molecule has 0 heterocycles. The van der Waals surface area contributed by atoms with Crippen molar-refractivity contribution in [1.29, 1.82) is 0 Å². The van der Waals surface area contributed by atoms with Crippen molar-refractivity contribution in [2.45, 2.75) is 39.2 Å². The highest BCUT2D eigenvalue weighted by molar-refractivity contribution is 5.45. The van der Waals surface area contributed by atoms with Crippen LogP contribution in [0.3, 0.4) is 0 Å². The van der Waals surface area contributed by atoms with Gasteiger partial charge in [-0.25, -0.2) is 0 Å². The van der Waals surface area contributed by atoms with Crippen molar-refractivity contribution in [3.63, 3.8) is 0 Å². The van der Waals surface area contributed by atoms with E-state index >= 15 is 0 Å². The highest BCUT2D eigenvalue weighted by Gasteiger charge is 2.49. The van der Waals surface area contributed by atoms with Crippen LogP contribution in [0.5, 0.6) is 11.5 Å². The van der Waals surface area contributed by atoms with Crippen LogP contribution < -0.4 is 14.8 Å². The van der Waals surface area contributed by atoms with Gasteiger partial charge in [-0.05, 0) is 42.5 Å². The van der Waals surface area contributed by atoms with Crippen molar-refractivity contribution in [1.82, 2.24) is 5.32 Å². The monoisotopic (exact) mass is 263 g/mol. The van der Waals surface area contributed by atoms with Gasteiger partial charge in [-0.1, -0.05) is 20.8 Å². The van der Waals surface area contributed by atoms with Gasteiger partial charge in [-0.15, -0.1) is 0 Å². The van der Waals surface area contributed by atoms with E-state index in [-0.39, 0.29) is 5.41 Å². The number of ether oxygens (including phenoxy) is 2. The molecular weight excluding hydrogens is 238 g/mol. The highest BCUT2D eigenvalue weighted by Crippen LogP contribution is 2.54. The summed E-state index contributed by atoms with van der Waals surface area (Å²) in [6.07, 6.45) is 1.16. The fourth-order valence-corrected chi connectivity index (χ4v) is 3.16. The summed E-state index contributed by atoms with van der Waals surface area (Å²) in [5.41, 5.74) is 1.51. The third kappa shape index (κ3) is 2.44. The maximum atomic E-state index is 5.51.